The highest BCUT2D eigenvalue weighted by Crippen LogP contribution is 2.40. The minimum atomic E-state index is -0.719. The summed E-state index contributed by atoms with van der Waals surface area (Å²) in [6.45, 7) is 0. The second-order valence-corrected chi connectivity index (χ2v) is 11.5. The number of benzene rings is 8. The van der Waals surface area contributed by atoms with Crippen molar-refractivity contribution >= 4 is 43.6 Å². The summed E-state index contributed by atoms with van der Waals surface area (Å²) in [6, 6.07) is 10.6. The number of nitrogens with zero attached hydrogens (tertiary/aromatic N) is 2. The van der Waals surface area contributed by atoms with Crippen molar-refractivity contribution < 1.29 is 26.0 Å². The molecule has 0 bridgehead atoms. The monoisotopic (exact) mass is 655 g/mol. The molecule has 0 unspecified atom stereocenters. The quantitative estimate of drug-likeness (QED) is 0.175. The van der Waals surface area contributed by atoms with Gasteiger partial charge in [0, 0.05) is 32.8 Å². The van der Waals surface area contributed by atoms with Gasteiger partial charge in [-0.25, -0.2) is 0 Å². The van der Waals surface area contributed by atoms with E-state index in [4.69, 9.17) is 15.1 Å². The first-order chi connectivity index (χ1) is 32.7. The molecular weight excluding hydrogens is 605 g/mol. The van der Waals surface area contributed by atoms with Gasteiger partial charge in [-0.1, -0.05) is 139 Å². The molecule has 0 aliphatic heterocycles. The molecule has 0 aliphatic carbocycles. The third-order valence-electron chi connectivity index (χ3n) is 8.71. The van der Waals surface area contributed by atoms with Crippen molar-refractivity contribution in [2.75, 3.05) is 0 Å². The minimum absolute atomic E-state index is 0.0941. The molecule has 0 amide bonds. The van der Waals surface area contributed by atoms with Gasteiger partial charge < -0.3 is 9.13 Å². The lowest BCUT2D eigenvalue weighted by Crippen LogP contribution is -1.97. The number of rotatable bonds is 5. The summed E-state index contributed by atoms with van der Waals surface area (Å²) < 4.78 is 173. The van der Waals surface area contributed by atoms with Gasteiger partial charge in [0.25, 0.3) is 0 Å². The lowest BCUT2D eigenvalue weighted by molar-refractivity contribution is 1.18. The highest BCUT2D eigenvalue weighted by Gasteiger charge is 2.17. The lowest BCUT2D eigenvalue weighted by Gasteiger charge is -2.14. The molecular formula is C48H32N2. The summed E-state index contributed by atoms with van der Waals surface area (Å²) in [4.78, 5) is 0. The van der Waals surface area contributed by atoms with Crippen LogP contribution in [-0.2, 0) is 0 Å². The van der Waals surface area contributed by atoms with Gasteiger partial charge in [0.1, 0.15) is 0 Å². The van der Waals surface area contributed by atoms with E-state index in [1.807, 2.05) is 30.3 Å². The highest BCUT2D eigenvalue weighted by atomic mass is 15.0. The van der Waals surface area contributed by atoms with Crippen molar-refractivity contribution in [2.24, 2.45) is 0 Å². The average Bonchev–Trinajstić information content (AvgIpc) is 3.91. The second-order valence-electron chi connectivity index (χ2n) is 11.5. The Kier molecular flexibility index (Phi) is 3.52. The van der Waals surface area contributed by atoms with Crippen molar-refractivity contribution in [2.45, 2.75) is 0 Å². The normalized spacial score (nSPS) is 16.9. The number of aromatic nitrogens is 2. The van der Waals surface area contributed by atoms with E-state index in [0.717, 1.165) is 5.56 Å². The summed E-state index contributed by atoms with van der Waals surface area (Å²) in [5, 5.41) is -0.848. The molecule has 234 valence electrons. The van der Waals surface area contributed by atoms with Gasteiger partial charge in [0.15, 0.2) is 0 Å². The molecule has 0 fully saturated rings. The molecule has 8 aromatic carbocycles. The molecule has 2 heteroatoms. The smallest absolute Gasteiger partial charge is 0.0645 e. The Hall–Kier alpha value is -6.64. The summed E-state index contributed by atoms with van der Waals surface area (Å²) in [7, 11) is 0. The minimum Gasteiger partial charge on any atom is -0.309 e. The van der Waals surface area contributed by atoms with Crippen molar-refractivity contribution in [3.05, 3.63) is 194 Å². The molecule has 0 spiro atoms. The van der Waals surface area contributed by atoms with Crippen LogP contribution in [0.5, 0.6) is 0 Å². The van der Waals surface area contributed by atoms with Crippen molar-refractivity contribution in [1.82, 2.24) is 9.13 Å². The Morgan fingerprint density at radius 2 is 0.880 bits per heavy atom. The fourth-order valence-electron chi connectivity index (χ4n) is 6.48. The van der Waals surface area contributed by atoms with E-state index in [9.17, 15) is 11.0 Å². The van der Waals surface area contributed by atoms with Crippen LogP contribution in [0.15, 0.2) is 194 Å². The topological polar surface area (TPSA) is 9.86 Å². The number of hydrogen-bond donors (Lipinski definition) is 0. The van der Waals surface area contributed by atoms with E-state index in [1.165, 1.54) is 33.4 Å². The second kappa shape index (κ2) is 11.5. The van der Waals surface area contributed by atoms with E-state index in [0.29, 0.717) is 11.3 Å². The first kappa shape index (κ1) is 15.3. The zero-order valence-electron chi connectivity index (χ0n) is 44.9. The molecule has 50 heavy (non-hydrogen) atoms. The van der Waals surface area contributed by atoms with Crippen LogP contribution in [0.3, 0.4) is 0 Å². The van der Waals surface area contributed by atoms with Crippen LogP contribution in [0, 0.1) is 0 Å². The summed E-state index contributed by atoms with van der Waals surface area (Å²) in [6.07, 6.45) is 0. The summed E-state index contributed by atoms with van der Waals surface area (Å²) in [5.41, 5.74) is 0.295. The van der Waals surface area contributed by atoms with Crippen LogP contribution in [-0.4, -0.2) is 9.13 Å². The zero-order valence-corrected chi connectivity index (χ0v) is 25.9. The van der Waals surface area contributed by atoms with Gasteiger partial charge >= 0.3 is 0 Å². The molecule has 0 aliphatic rings. The largest absolute Gasteiger partial charge is 0.309 e. The average molecular weight is 656 g/mol. The van der Waals surface area contributed by atoms with Crippen molar-refractivity contribution in [1.29, 1.82) is 0 Å². The van der Waals surface area contributed by atoms with Gasteiger partial charge in [-0.3, -0.25) is 0 Å². The standard InChI is InChI=1S/C48H32N2/c1-3-13-33(14-4-1)34-23-27-38(28-24-34)49-45-21-11-8-18-40(45)42-31-36(25-29-47(42)49)37-26-30-48-43(32-37)41-19-9-12-22-46(41)50(48)44-20-10-7-17-39(44)35-15-5-2-6-16-35/h1-32H/i1D,3D,4D,8D,9D,11D,12D,13D,14D,18D,19D,21D,22D,25D,26D,29D,30D,31D,32D. The van der Waals surface area contributed by atoms with E-state index in [1.54, 1.807) is 24.3 Å². The fraction of sp³-hybridized carbons (Fsp3) is 0. The molecule has 0 N–H and O–H groups in total. The first-order valence-electron chi connectivity index (χ1n) is 25.2. The molecule has 10 aromatic rings. The van der Waals surface area contributed by atoms with E-state index in [-0.39, 0.29) is 60.4 Å². The molecule has 0 atom stereocenters. The molecule has 2 heterocycles. The van der Waals surface area contributed by atoms with E-state index < -0.39 is 126 Å². The fourth-order valence-corrected chi connectivity index (χ4v) is 6.48. The third kappa shape index (κ3) is 4.50. The zero-order chi connectivity index (χ0) is 49.6. The predicted molar refractivity (Wildman–Crippen MR) is 211 cm³/mol. The Bertz CT molecular complexity index is 3910. The van der Waals surface area contributed by atoms with Gasteiger partial charge in [0.2, 0.25) is 0 Å². The Labute approximate surface area is 317 Å². The third-order valence-corrected chi connectivity index (χ3v) is 8.71. The lowest BCUT2D eigenvalue weighted by atomic mass is 10.0. The van der Waals surface area contributed by atoms with Gasteiger partial charge in [-0.15, -0.1) is 0 Å². The first-order valence-corrected chi connectivity index (χ1v) is 15.7. The SMILES string of the molecule is [2H]c1c([2H])c([2H])c(-c2ccc(-n3c4c([2H])c([2H])c([2H])c([2H])c4c4c([2H])c(-c5c([2H])c([2H])c6c(c5[2H])c5c([2H])c([2H])c([2H])c([2H])c5n6-c5ccccc5-c5ccccc5)c([2H])c([2H])c43)cc2)c([2H])c1[2H]. The Morgan fingerprint density at radius 1 is 0.340 bits per heavy atom. The maximum atomic E-state index is 9.87. The van der Waals surface area contributed by atoms with Crippen LogP contribution in [0.1, 0.15) is 26.0 Å². The molecule has 10 rings (SSSR count). The van der Waals surface area contributed by atoms with E-state index in [2.05, 4.69) is 0 Å². The summed E-state index contributed by atoms with van der Waals surface area (Å²) in [5.74, 6) is 0. The highest BCUT2D eigenvalue weighted by molar-refractivity contribution is 6.13. The molecule has 0 saturated carbocycles. The Balaban J connectivity index is 1.32. The maximum Gasteiger partial charge on any atom is 0.0645 e. The Morgan fingerprint density at radius 3 is 1.56 bits per heavy atom. The molecule has 2 nitrogen and oxygen atoms in total. The summed E-state index contributed by atoms with van der Waals surface area (Å²) >= 11 is 0. The van der Waals surface area contributed by atoms with Crippen molar-refractivity contribution in [3.63, 3.8) is 0 Å². The van der Waals surface area contributed by atoms with Crippen LogP contribution in [0.2, 0.25) is 0 Å². The van der Waals surface area contributed by atoms with Crippen LogP contribution in [0.25, 0.3) is 88.4 Å². The van der Waals surface area contributed by atoms with Crippen LogP contribution in [0.4, 0.5) is 0 Å². The molecule has 0 saturated heterocycles. The number of fused-ring (bicyclic) bond motifs is 6. The molecule has 0 radical (unpaired) electrons. The predicted octanol–water partition coefficient (Wildman–Crippen LogP) is 12.9. The van der Waals surface area contributed by atoms with Crippen LogP contribution < -0.4 is 0 Å². The molecule has 2 aromatic heterocycles. The van der Waals surface area contributed by atoms with Crippen LogP contribution >= 0.6 is 0 Å². The van der Waals surface area contributed by atoms with Gasteiger partial charge in [-0.05, 0) is 82.3 Å². The number of hydrogen-bond acceptors (Lipinski definition) is 0. The maximum absolute atomic E-state index is 9.87. The van der Waals surface area contributed by atoms with Gasteiger partial charge in [-0.2, -0.15) is 0 Å². The van der Waals surface area contributed by atoms with Crippen molar-refractivity contribution in [3.8, 4) is 44.8 Å². The number of para-hydroxylation sites is 3. The van der Waals surface area contributed by atoms with E-state index >= 15 is 0 Å². The van der Waals surface area contributed by atoms with Gasteiger partial charge in [0.05, 0.1) is 53.8 Å².